The van der Waals surface area contributed by atoms with E-state index in [0.29, 0.717) is 0 Å². The van der Waals surface area contributed by atoms with Gasteiger partial charge in [0.1, 0.15) is 17.1 Å². The molecule has 0 fully saturated rings. The van der Waals surface area contributed by atoms with E-state index in [2.05, 4.69) is 126 Å². The molecule has 8 aromatic rings. The minimum atomic E-state index is 0.875. The molecule has 0 N–H and O–H groups in total. The highest BCUT2D eigenvalue weighted by atomic mass is 16.5. The van der Waals surface area contributed by atoms with Gasteiger partial charge in [-0.15, -0.1) is 0 Å². The Balaban J connectivity index is 1.19. The van der Waals surface area contributed by atoms with Crippen molar-refractivity contribution in [3.05, 3.63) is 152 Å². The summed E-state index contributed by atoms with van der Waals surface area (Å²) in [6.07, 6.45) is 0. The van der Waals surface area contributed by atoms with Crippen LogP contribution in [0.1, 0.15) is 0 Å². The second kappa shape index (κ2) is 9.37. The van der Waals surface area contributed by atoms with Gasteiger partial charge in [0.2, 0.25) is 0 Å². The SMILES string of the molecule is c1ccc(N(c2ccc(-c3ccc4c5c(cccc35)Oc3ccccc3-4)cc2)c2cccc3c2oc2ccccc23)cc1. The number of hydrogen-bond acceptors (Lipinski definition) is 3. The van der Waals surface area contributed by atoms with Crippen LogP contribution in [0.3, 0.4) is 0 Å². The predicted molar refractivity (Wildman–Crippen MR) is 177 cm³/mol. The molecule has 0 saturated heterocycles. The fraction of sp³-hybridized carbons (Fsp3) is 0. The summed E-state index contributed by atoms with van der Waals surface area (Å²) in [5, 5.41) is 4.57. The van der Waals surface area contributed by atoms with Gasteiger partial charge in [-0.1, -0.05) is 103 Å². The summed E-state index contributed by atoms with van der Waals surface area (Å²) in [5.41, 5.74) is 9.58. The van der Waals surface area contributed by atoms with E-state index < -0.39 is 0 Å². The van der Waals surface area contributed by atoms with Crippen molar-refractivity contribution >= 4 is 49.8 Å². The second-order valence-corrected chi connectivity index (χ2v) is 10.9. The highest BCUT2D eigenvalue weighted by Crippen LogP contribution is 2.49. The van der Waals surface area contributed by atoms with Crippen LogP contribution < -0.4 is 9.64 Å². The van der Waals surface area contributed by atoms with Crippen LogP contribution in [0.15, 0.2) is 156 Å². The number of anilines is 3. The normalized spacial score (nSPS) is 11.9. The summed E-state index contributed by atoms with van der Waals surface area (Å²) in [6, 6.07) is 53.0. The number of furan rings is 1. The first-order valence-electron chi connectivity index (χ1n) is 14.5. The van der Waals surface area contributed by atoms with Gasteiger partial charge in [0, 0.05) is 33.1 Å². The van der Waals surface area contributed by atoms with E-state index in [4.69, 9.17) is 9.15 Å². The van der Waals surface area contributed by atoms with Crippen LogP contribution in [-0.2, 0) is 0 Å². The maximum atomic E-state index is 6.46. The molecular formula is C40H25NO2. The van der Waals surface area contributed by atoms with Gasteiger partial charge < -0.3 is 14.1 Å². The summed E-state index contributed by atoms with van der Waals surface area (Å²) in [5.74, 6) is 1.80. The average Bonchev–Trinajstić information content (AvgIpc) is 3.46. The lowest BCUT2D eigenvalue weighted by atomic mass is 9.90. The molecule has 0 radical (unpaired) electrons. The molecule has 7 aromatic carbocycles. The monoisotopic (exact) mass is 551 g/mol. The van der Waals surface area contributed by atoms with Gasteiger partial charge in [-0.25, -0.2) is 0 Å². The quantitative estimate of drug-likeness (QED) is 0.218. The molecule has 43 heavy (non-hydrogen) atoms. The van der Waals surface area contributed by atoms with Crippen LogP contribution in [0.4, 0.5) is 17.1 Å². The average molecular weight is 552 g/mol. The molecule has 0 amide bonds. The highest BCUT2D eigenvalue weighted by molar-refractivity contribution is 6.11. The van der Waals surface area contributed by atoms with Crippen molar-refractivity contribution < 1.29 is 9.15 Å². The summed E-state index contributed by atoms with van der Waals surface area (Å²) in [4.78, 5) is 2.27. The van der Waals surface area contributed by atoms with E-state index in [-0.39, 0.29) is 0 Å². The second-order valence-electron chi connectivity index (χ2n) is 10.9. The predicted octanol–water partition coefficient (Wildman–Crippen LogP) is 11.6. The molecular weight excluding hydrogens is 526 g/mol. The van der Waals surface area contributed by atoms with Crippen molar-refractivity contribution in [2.24, 2.45) is 0 Å². The number of para-hydroxylation sites is 4. The molecule has 0 bridgehead atoms. The number of fused-ring (bicyclic) bond motifs is 5. The molecule has 2 heterocycles. The molecule has 3 nitrogen and oxygen atoms in total. The minimum absolute atomic E-state index is 0.875. The first kappa shape index (κ1) is 23.9. The zero-order valence-corrected chi connectivity index (χ0v) is 23.2. The van der Waals surface area contributed by atoms with Gasteiger partial charge in [0.25, 0.3) is 0 Å². The van der Waals surface area contributed by atoms with E-state index in [1.165, 1.54) is 16.5 Å². The molecule has 0 atom stereocenters. The smallest absolute Gasteiger partial charge is 0.159 e. The maximum Gasteiger partial charge on any atom is 0.159 e. The maximum absolute atomic E-state index is 6.46. The van der Waals surface area contributed by atoms with Crippen LogP contribution in [0.2, 0.25) is 0 Å². The summed E-state index contributed by atoms with van der Waals surface area (Å²) in [6.45, 7) is 0. The molecule has 1 aliphatic heterocycles. The van der Waals surface area contributed by atoms with Crippen molar-refractivity contribution in [3.63, 3.8) is 0 Å². The summed E-state index contributed by atoms with van der Waals surface area (Å²) in [7, 11) is 0. The van der Waals surface area contributed by atoms with Crippen LogP contribution in [-0.4, -0.2) is 0 Å². The van der Waals surface area contributed by atoms with Crippen molar-refractivity contribution in [2.45, 2.75) is 0 Å². The zero-order chi connectivity index (χ0) is 28.3. The van der Waals surface area contributed by atoms with Gasteiger partial charge in [-0.2, -0.15) is 0 Å². The van der Waals surface area contributed by atoms with E-state index in [0.717, 1.165) is 67.0 Å². The highest BCUT2D eigenvalue weighted by Gasteiger charge is 2.22. The molecule has 0 spiro atoms. The van der Waals surface area contributed by atoms with Gasteiger partial charge in [0.05, 0.1) is 5.69 Å². The van der Waals surface area contributed by atoms with Gasteiger partial charge in [-0.3, -0.25) is 0 Å². The lowest BCUT2D eigenvalue weighted by Crippen LogP contribution is -2.10. The molecule has 1 aromatic heterocycles. The van der Waals surface area contributed by atoms with Crippen LogP contribution in [0.25, 0.3) is 55.0 Å². The summed E-state index contributed by atoms with van der Waals surface area (Å²) >= 11 is 0. The molecule has 1 aliphatic rings. The zero-order valence-electron chi connectivity index (χ0n) is 23.2. The Morgan fingerprint density at radius 1 is 0.419 bits per heavy atom. The fourth-order valence-corrected chi connectivity index (χ4v) is 6.53. The largest absolute Gasteiger partial charge is 0.456 e. The first-order chi connectivity index (χ1) is 21.3. The Morgan fingerprint density at radius 2 is 1.09 bits per heavy atom. The van der Waals surface area contributed by atoms with E-state index in [1.54, 1.807) is 0 Å². The minimum Gasteiger partial charge on any atom is -0.456 e. The number of rotatable bonds is 4. The van der Waals surface area contributed by atoms with Crippen molar-refractivity contribution in [1.29, 1.82) is 0 Å². The summed E-state index contributed by atoms with van der Waals surface area (Å²) < 4.78 is 12.8. The topological polar surface area (TPSA) is 25.6 Å². The van der Waals surface area contributed by atoms with Gasteiger partial charge >= 0.3 is 0 Å². The molecule has 3 heteroatoms. The third-order valence-electron chi connectivity index (χ3n) is 8.47. The molecule has 0 saturated carbocycles. The third kappa shape index (κ3) is 3.68. The van der Waals surface area contributed by atoms with E-state index >= 15 is 0 Å². The number of ether oxygens (including phenoxy) is 1. The van der Waals surface area contributed by atoms with E-state index in [9.17, 15) is 0 Å². The standard InChI is InChI=1S/C40H25NO2/c1-2-10-27(11-3-1)41(35-16-8-15-34-31-13-5-7-18-37(31)43-40(34)35)28-22-20-26(21-23-28)29-24-25-33-30-12-4-6-17-36(30)42-38-19-9-14-32(29)39(33)38/h1-25H. The Kier molecular flexibility index (Phi) is 5.20. The van der Waals surface area contributed by atoms with E-state index in [1.807, 2.05) is 30.3 Å². The number of hydrogen-bond donors (Lipinski definition) is 0. The fourth-order valence-electron chi connectivity index (χ4n) is 6.53. The van der Waals surface area contributed by atoms with Crippen LogP contribution in [0, 0.1) is 0 Å². The molecule has 202 valence electrons. The first-order valence-corrected chi connectivity index (χ1v) is 14.5. The lowest BCUT2D eigenvalue weighted by molar-refractivity contribution is 0.487. The van der Waals surface area contributed by atoms with Crippen LogP contribution in [0.5, 0.6) is 11.5 Å². The van der Waals surface area contributed by atoms with Crippen LogP contribution >= 0.6 is 0 Å². The Labute approximate surface area is 248 Å². The Morgan fingerprint density at radius 3 is 2.00 bits per heavy atom. The van der Waals surface area contributed by atoms with Gasteiger partial charge in [-0.05, 0) is 70.6 Å². The third-order valence-corrected chi connectivity index (χ3v) is 8.47. The molecule has 0 unspecified atom stereocenters. The lowest BCUT2D eigenvalue weighted by Gasteiger charge is -2.26. The number of benzene rings is 7. The Hall–Kier alpha value is -5.80. The number of nitrogens with zero attached hydrogens (tertiary/aromatic N) is 1. The van der Waals surface area contributed by atoms with Crippen molar-refractivity contribution in [1.82, 2.24) is 0 Å². The Bertz CT molecular complexity index is 2320. The van der Waals surface area contributed by atoms with Crippen molar-refractivity contribution in [2.75, 3.05) is 4.90 Å². The molecule has 9 rings (SSSR count). The van der Waals surface area contributed by atoms with Gasteiger partial charge in [0.15, 0.2) is 5.58 Å². The molecule has 0 aliphatic carbocycles. The van der Waals surface area contributed by atoms with Crippen molar-refractivity contribution in [3.8, 4) is 33.8 Å².